The van der Waals surface area contributed by atoms with Crippen LogP contribution in [0.25, 0.3) is 0 Å². The summed E-state index contributed by atoms with van der Waals surface area (Å²) in [4.78, 5) is 10.5. The summed E-state index contributed by atoms with van der Waals surface area (Å²) in [6.45, 7) is 0.385. The first-order chi connectivity index (χ1) is 4.12. The Bertz CT molecular complexity index is 121. The third-order valence-corrected chi connectivity index (χ3v) is 2.33. The number of nitrogens with two attached hydrogens (primary N) is 1. The van der Waals surface area contributed by atoms with Crippen molar-refractivity contribution in [3.63, 3.8) is 0 Å². The molecule has 6 heteroatoms. The molecule has 0 heterocycles. The molecule has 56 valence electrons. The van der Waals surface area contributed by atoms with Crippen LogP contribution < -0.4 is 40.2 Å². The van der Waals surface area contributed by atoms with Gasteiger partial charge in [0, 0.05) is 13.3 Å². The Morgan fingerprint density at radius 1 is 1.70 bits per heavy atom. The Kier molecular flexibility index (Phi) is 9.30. The predicted octanol–water partition coefficient (Wildman–Crippen LogP) is -3.46. The molecule has 0 rings (SSSR count). The molecule has 1 atom stereocenters. The summed E-state index contributed by atoms with van der Waals surface area (Å²) in [5.41, 5.74) is 5.07. The second kappa shape index (κ2) is 6.80. The fourth-order valence-electron chi connectivity index (χ4n) is 0.376. The van der Waals surface area contributed by atoms with Crippen molar-refractivity contribution in [3.05, 3.63) is 0 Å². The normalized spacial score (nSPS) is 15.5. The molecule has 0 aliphatic carbocycles. The molecule has 0 aromatic heterocycles. The number of hydrogen-bond acceptors (Lipinski definition) is 4. The van der Waals surface area contributed by atoms with Crippen molar-refractivity contribution >= 4 is 7.60 Å². The van der Waals surface area contributed by atoms with E-state index in [9.17, 15) is 9.46 Å². The Hall–Kier alpha value is 1.11. The third-order valence-electron chi connectivity index (χ3n) is 0.914. The Balaban J connectivity index is 0. The van der Waals surface area contributed by atoms with Gasteiger partial charge < -0.3 is 19.7 Å². The Morgan fingerprint density at radius 3 is 2.50 bits per heavy atom. The van der Waals surface area contributed by atoms with Crippen LogP contribution in [-0.2, 0) is 9.09 Å². The van der Waals surface area contributed by atoms with Gasteiger partial charge in [-0.15, -0.1) is 0 Å². The molecule has 0 aromatic rings. The summed E-state index contributed by atoms with van der Waals surface area (Å²) in [5, 5.41) is 0. The maximum Gasteiger partial charge on any atom is 1.00 e. The van der Waals surface area contributed by atoms with E-state index < -0.39 is 7.60 Å². The summed E-state index contributed by atoms with van der Waals surface area (Å²) < 4.78 is 14.7. The van der Waals surface area contributed by atoms with Crippen molar-refractivity contribution < 1.29 is 43.5 Å². The van der Waals surface area contributed by atoms with Gasteiger partial charge in [0.1, 0.15) is 7.60 Å². The minimum absolute atomic E-state index is 0. The van der Waals surface area contributed by atoms with Crippen molar-refractivity contribution in [2.45, 2.75) is 6.42 Å². The van der Waals surface area contributed by atoms with E-state index in [1.165, 1.54) is 0 Å². The minimum Gasteiger partial charge on any atom is -0.779 e. The third kappa shape index (κ3) is 7.22. The topological polar surface area (TPSA) is 75.4 Å². The Morgan fingerprint density at radius 2 is 2.20 bits per heavy atom. The predicted molar refractivity (Wildman–Crippen MR) is 33.2 cm³/mol. The van der Waals surface area contributed by atoms with Gasteiger partial charge in [0.25, 0.3) is 0 Å². The van der Waals surface area contributed by atoms with E-state index in [-0.39, 0.29) is 35.7 Å². The Labute approximate surface area is 83.0 Å². The first-order valence-corrected chi connectivity index (χ1v) is 4.41. The molecular weight excluding hydrogens is 164 g/mol. The van der Waals surface area contributed by atoms with Gasteiger partial charge in [-0.05, 0) is 13.0 Å². The maximum atomic E-state index is 10.5. The number of rotatable bonds is 4. The van der Waals surface area contributed by atoms with Crippen molar-refractivity contribution in [2.24, 2.45) is 5.73 Å². The minimum atomic E-state index is -3.52. The van der Waals surface area contributed by atoms with Crippen LogP contribution in [0.15, 0.2) is 0 Å². The standard InChI is InChI=1S/C4H12NO3P.Na/c1-8-9(6,7)4-2-3-5;/h2-5H2,1H3,(H,6,7);/q;+1/p-1. The van der Waals surface area contributed by atoms with Gasteiger partial charge in [-0.3, -0.25) is 0 Å². The van der Waals surface area contributed by atoms with E-state index in [4.69, 9.17) is 5.73 Å². The van der Waals surface area contributed by atoms with Crippen LogP contribution in [-0.4, -0.2) is 19.8 Å². The first kappa shape index (κ1) is 13.7. The van der Waals surface area contributed by atoms with Gasteiger partial charge in [0.2, 0.25) is 0 Å². The van der Waals surface area contributed by atoms with Gasteiger partial charge in [0.05, 0.1) is 0 Å². The molecule has 0 saturated heterocycles. The van der Waals surface area contributed by atoms with E-state index in [0.29, 0.717) is 13.0 Å². The molecule has 0 fully saturated rings. The molecule has 0 radical (unpaired) electrons. The zero-order valence-electron chi connectivity index (χ0n) is 6.37. The van der Waals surface area contributed by atoms with Crippen molar-refractivity contribution in [3.8, 4) is 0 Å². The van der Waals surface area contributed by atoms with E-state index in [0.717, 1.165) is 7.11 Å². The zero-order chi connectivity index (χ0) is 7.33. The summed E-state index contributed by atoms with van der Waals surface area (Å²) >= 11 is 0. The second-order valence-corrected chi connectivity index (χ2v) is 3.69. The number of hydrogen-bond donors (Lipinski definition) is 1. The average Bonchev–Trinajstić information content (AvgIpc) is 1.84. The average molecular weight is 175 g/mol. The molecule has 10 heavy (non-hydrogen) atoms. The van der Waals surface area contributed by atoms with Crippen LogP contribution in [0.5, 0.6) is 0 Å². The molecule has 0 aliphatic heterocycles. The van der Waals surface area contributed by atoms with Crippen LogP contribution in [0.1, 0.15) is 6.42 Å². The fraction of sp³-hybridized carbons (Fsp3) is 1.00. The molecule has 2 N–H and O–H groups in total. The van der Waals surface area contributed by atoms with Crippen LogP contribution in [0, 0.1) is 0 Å². The van der Waals surface area contributed by atoms with Gasteiger partial charge in [0.15, 0.2) is 0 Å². The van der Waals surface area contributed by atoms with E-state index in [2.05, 4.69) is 4.52 Å². The zero-order valence-corrected chi connectivity index (χ0v) is 9.27. The SMILES string of the molecule is COP(=O)([O-])CCCN.[Na+]. The molecule has 0 amide bonds. The molecule has 0 aliphatic rings. The molecule has 1 unspecified atom stereocenters. The monoisotopic (exact) mass is 175 g/mol. The summed E-state index contributed by atoms with van der Waals surface area (Å²) in [6, 6.07) is 0. The van der Waals surface area contributed by atoms with Gasteiger partial charge in [-0.2, -0.15) is 0 Å². The maximum absolute atomic E-state index is 10.5. The van der Waals surface area contributed by atoms with Crippen LogP contribution in [0.4, 0.5) is 0 Å². The van der Waals surface area contributed by atoms with Crippen molar-refractivity contribution in [1.29, 1.82) is 0 Å². The van der Waals surface area contributed by atoms with Crippen LogP contribution >= 0.6 is 7.60 Å². The van der Waals surface area contributed by atoms with Crippen molar-refractivity contribution in [2.75, 3.05) is 19.8 Å². The van der Waals surface area contributed by atoms with Gasteiger partial charge in [-0.1, -0.05) is 0 Å². The van der Waals surface area contributed by atoms with Crippen molar-refractivity contribution in [1.82, 2.24) is 0 Å². The summed E-state index contributed by atoms with van der Waals surface area (Å²) in [6.07, 6.45) is 0.509. The second-order valence-electron chi connectivity index (χ2n) is 1.66. The molecule has 0 bridgehead atoms. The molecule has 0 spiro atoms. The van der Waals surface area contributed by atoms with Crippen LogP contribution in [0.3, 0.4) is 0 Å². The first-order valence-electron chi connectivity index (χ1n) is 2.68. The van der Waals surface area contributed by atoms with Gasteiger partial charge >= 0.3 is 29.6 Å². The summed E-state index contributed by atoms with van der Waals surface area (Å²) in [5.74, 6) is 0. The fourth-order valence-corrected chi connectivity index (χ4v) is 1.13. The van der Waals surface area contributed by atoms with Gasteiger partial charge in [-0.25, -0.2) is 0 Å². The largest absolute Gasteiger partial charge is 1.00 e. The molecular formula is C4H11NNaO3P. The molecule has 0 aromatic carbocycles. The van der Waals surface area contributed by atoms with E-state index in [1.54, 1.807) is 0 Å². The molecule has 4 nitrogen and oxygen atoms in total. The molecule has 0 saturated carbocycles. The van der Waals surface area contributed by atoms with Crippen LogP contribution in [0.2, 0.25) is 0 Å². The van der Waals surface area contributed by atoms with E-state index in [1.807, 2.05) is 0 Å². The summed E-state index contributed by atoms with van der Waals surface area (Å²) in [7, 11) is -2.36. The quantitative estimate of drug-likeness (QED) is 0.356. The van der Waals surface area contributed by atoms with E-state index >= 15 is 0 Å². The smallest absolute Gasteiger partial charge is 0.779 e.